The Labute approximate surface area is 279 Å². The minimum absolute atomic E-state index is 0.0151. The fraction of sp³-hybridized carbons (Fsp3) is 0.324. The predicted octanol–water partition coefficient (Wildman–Crippen LogP) is 9.29. The van der Waals surface area contributed by atoms with Gasteiger partial charge in [-0.1, -0.05) is 72.8 Å². The molecule has 7 rings (SSSR count). The highest BCUT2D eigenvalue weighted by atomic mass is 32.2. The van der Waals surface area contributed by atoms with Gasteiger partial charge in [-0.3, -0.25) is 15.0 Å². The van der Waals surface area contributed by atoms with Crippen molar-refractivity contribution in [1.82, 2.24) is 9.97 Å². The third kappa shape index (κ3) is 6.69. The maximum Gasteiger partial charge on any atom is 0.160 e. The lowest BCUT2D eigenvalue weighted by Crippen LogP contribution is -2.15. The van der Waals surface area contributed by atoms with E-state index in [1.54, 1.807) is 0 Å². The van der Waals surface area contributed by atoms with Gasteiger partial charge in [-0.05, 0) is 47.6 Å². The fourth-order valence-corrected chi connectivity index (χ4v) is 8.90. The molecule has 0 spiro atoms. The largest absolute Gasteiger partial charge is 0.271 e. The first kappa shape index (κ1) is 30.5. The number of hydrogen-bond acceptors (Lipinski definition) is 8. The summed E-state index contributed by atoms with van der Waals surface area (Å²) in [5.74, 6) is 3.73. The zero-order valence-electron chi connectivity index (χ0n) is 26.6. The summed E-state index contributed by atoms with van der Waals surface area (Å²) >= 11 is 5.48. The predicted molar refractivity (Wildman–Crippen MR) is 198 cm³/mol. The summed E-state index contributed by atoms with van der Waals surface area (Å²) in [6, 6.07) is 27.9. The summed E-state index contributed by atoms with van der Waals surface area (Å²) in [7, 11) is 0. The maximum atomic E-state index is 5.09. The van der Waals surface area contributed by atoms with Gasteiger partial charge in [0.25, 0.3) is 0 Å². The van der Waals surface area contributed by atoms with Crippen LogP contribution in [-0.2, 0) is 0 Å². The van der Waals surface area contributed by atoms with E-state index in [4.69, 9.17) is 24.9 Å². The van der Waals surface area contributed by atoms with E-state index in [-0.39, 0.29) is 16.6 Å². The molecule has 8 heteroatoms. The molecular formula is C37H37N5S3. The van der Waals surface area contributed by atoms with Crippen LogP contribution >= 0.6 is 35.3 Å². The Hall–Kier alpha value is -3.20. The normalized spacial score (nSPS) is 19.7. The van der Waals surface area contributed by atoms with Crippen LogP contribution in [0, 0.1) is 0 Å². The van der Waals surface area contributed by atoms with Gasteiger partial charge >= 0.3 is 0 Å². The number of rotatable bonds is 6. The molecule has 0 atom stereocenters. The molecule has 0 saturated heterocycles. The molecule has 0 bridgehead atoms. The maximum absolute atomic E-state index is 5.09. The van der Waals surface area contributed by atoms with Crippen LogP contribution < -0.4 is 0 Å². The second kappa shape index (κ2) is 11.6. The fourth-order valence-electron chi connectivity index (χ4n) is 5.40. The first-order valence-corrected chi connectivity index (χ1v) is 18.3. The highest BCUT2D eigenvalue weighted by molar-refractivity contribution is 8.15. The second-order valence-electron chi connectivity index (χ2n) is 13.7. The number of hydrogen-bond donors (Lipinski definition) is 0. The number of nitrogens with zero attached hydrogens (tertiary/aromatic N) is 5. The highest BCUT2D eigenvalue weighted by Gasteiger charge is 2.28. The van der Waals surface area contributed by atoms with Gasteiger partial charge in [0.2, 0.25) is 0 Å². The molecule has 228 valence electrons. The third-order valence-corrected chi connectivity index (χ3v) is 12.2. The van der Waals surface area contributed by atoms with Crippen LogP contribution in [0.25, 0.3) is 33.9 Å². The molecule has 3 aliphatic rings. The molecule has 0 unspecified atom stereocenters. The standard InChI is InChI=1S/C37H37N5S3/c1-35(2)20-43-32(40-35)26-13-7-23(8-14-26)29-19-30(24-9-15-27(16-10-24)33-41-36(3,4)21-44-33)39-31(38-29)25-11-17-28(18-12-25)34-42-37(5,6)22-45-34/h7-19H,20-22H2,1-6H3. The van der Waals surface area contributed by atoms with Crippen molar-refractivity contribution in [2.24, 2.45) is 15.0 Å². The summed E-state index contributed by atoms with van der Waals surface area (Å²) in [5.41, 5.74) is 8.28. The van der Waals surface area contributed by atoms with E-state index in [9.17, 15) is 0 Å². The molecule has 5 nitrogen and oxygen atoms in total. The van der Waals surface area contributed by atoms with Crippen molar-refractivity contribution in [3.63, 3.8) is 0 Å². The molecule has 0 aliphatic carbocycles. The molecule has 3 aliphatic heterocycles. The Kier molecular flexibility index (Phi) is 7.82. The highest BCUT2D eigenvalue weighted by Crippen LogP contribution is 2.35. The van der Waals surface area contributed by atoms with Gasteiger partial charge in [0, 0.05) is 50.6 Å². The van der Waals surface area contributed by atoms with Crippen LogP contribution in [0.15, 0.2) is 93.8 Å². The van der Waals surface area contributed by atoms with Gasteiger partial charge < -0.3 is 0 Å². The Morgan fingerprint density at radius 1 is 0.422 bits per heavy atom. The van der Waals surface area contributed by atoms with Crippen molar-refractivity contribution in [2.75, 3.05) is 17.3 Å². The molecule has 0 fully saturated rings. The molecule has 0 radical (unpaired) electrons. The summed E-state index contributed by atoms with van der Waals surface area (Å²) in [4.78, 5) is 24.9. The summed E-state index contributed by atoms with van der Waals surface area (Å²) < 4.78 is 0. The molecule has 0 saturated carbocycles. The van der Waals surface area contributed by atoms with Crippen LogP contribution in [0.3, 0.4) is 0 Å². The number of aromatic nitrogens is 2. The van der Waals surface area contributed by atoms with E-state index in [0.29, 0.717) is 5.82 Å². The van der Waals surface area contributed by atoms with Crippen LogP contribution in [0.2, 0.25) is 0 Å². The molecular weight excluding hydrogens is 611 g/mol. The summed E-state index contributed by atoms with van der Waals surface area (Å²) in [6.45, 7) is 13.1. The average Bonchev–Trinajstić information content (AvgIpc) is 3.71. The Balaban J connectivity index is 1.25. The van der Waals surface area contributed by atoms with E-state index in [1.807, 2.05) is 35.3 Å². The van der Waals surface area contributed by atoms with Crippen molar-refractivity contribution in [3.05, 3.63) is 95.6 Å². The Bertz CT molecular complexity index is 1620. The molecule has 4 heterocycles. The van der Waals surface area contributed by atoms with Crippen LogP contribution in [0.4, 0.5) is 0 Å². The van der Waals surface area contributed by atoms with E-state index in [2.05, 4.69) is 120 Å². The van der Waals surface area contributed by atoms with Gasteiger partial charge in [0.15, 0.2) is 5.82 Å². The minimum atomic E-state index is -0.0192. The SMILES string of the molecule is CC1(C)CSC(c2ccc(-c3cc(-c4ccc(C5=NC(C)(C)CS5)cc4)nc(-c4ccc(C5=NC(C)(C)CS5)cc4)n3)cc2)=N1. The topological polar surface area (TPSA) is 62.9 Å². The zero-order valence-corrected chi connectivity index (χ0v) is 29.0. The van der Waals surface area contributed by atoms with Gasteiger partial charge in [0.05, 0.1) is 43.1 Å². The second-order valence-corrected chi connectivity index (χ2v) is 16.6. The average molecular weight is 648 g/mol. The Morgan fingerprint density at radius 2 is 0.711 bits per heavy atom. The van der Waals surface area contributed by atoms with Crippen molar-refractivity contribution in [1.29, 1.82) is 0 Å². The summed E-state index contributed by atoms with van der Waals surface area (Å²) in [5, 5.41) is 3.32. The molecule has 1 aromatic heterocycles. The van der Waals surface area contributed by atoms with E-state index >= 15 is 0 Å². The van der Waals surface area contributed by atoms with E-state index in [0.717, 1.165) is 77.2 Å². The monoisotopic (exact) mass is 647 g/mol. The van der Waals surface area contributed by atoms with Crippen LogP contribution in [0.1, 0.15) is 58.2 Å². The lowest BCUT2D eigenvalue weighted by atomic mass is 10.0. The van der Waals surface area contributed by atoms with E-state index < -0.39 is 0 Å². The van der Waals surface area contributed by atoms with Gasteiger partial charge in [-0.15, -0.1) is 35.3 Å². The molecule has 0 N–H and O–H groups in total. The van der Waals surface area contributed by atoms with Gasteiger partial charge in [-0.2, -0.15) is 0 Å². The third-order valence-electron chi connectivity index (χ3n) is 7.87. The molecule has 0 amide bonds. The van der Waals surface area contributed by atoms with Crippen LogP contribution in [0.5, 0.6) is 0 Å². The Morgan fingerprint density at radius 3 is 1.00 bits per heavy atom. The van der Waals surface area contributed by atoms with Crippen molar-refractivity contribution in [2.45, 2.75) is 58.2 Å². The first-order chi connectivity index (χ1) is 21.4. The lowest BCUT2D eigenvalue weighted by Gasteiger charge is -2.11. The first-order valence-electron chi connectivity index (χ1n) is 15.3. The van der Waals surface area contributed by atoms with Crippen LogP contribution in [-0.4, -0.2) is 59.0 Å². The lowest BCUT2D eigenvalue weighted by molar-refractivity contribution is 0.605. The smallest absolute Gasteiger partial charge is 0.160 e. The molecule has 45 heavy (non-hydrogen) atoms. The number of aliphatic imine (C=N–C) groups is 3. The summed E-state index contributed by atoms with van der Waals surface area (Å²) in [6.07, 6.45) is 0. The molecule has 4 aromatic rings. The van der Waals surface area contributed by atoms with Crippen molar-refractivity contribution in [3.8, 4) is 33.9 Å². The van der Waals surface area contributed by atoms with Crippen molar-refractivity contribution < 1.29 is 0 Å². The zero-order chi connectivity index (χ0) is 31.4. The van der Waals surface area contributed by atoms with Gasteiger partial charge in [0.1, 0.15) is 0 Å². The number of benzene rings is 3. The number of thioether (sulfide) groups is 3. The van der Waals surface area contributed by atoms with E-state index in [1.165, 1.54) is 0 Å². The molecule has 3 aromatic carbocycles. The van der Waals surface area contributed by atoms with Crippen molar-refractivity contribution >= 4 is 50.4 Å². The minimum Gasteiger partial charge on any atom is -0.271 e. The van der Waals surface area contributed by atoms with Gasteiger partial charge in [-0.25, -0.2) is 9.97 Å². The quantitative estimate of drug-likeness (QED) is 0.209.